The summed E-state index contributed by atoms with van der Waals surface area (Å²) in [5, 5.41) is 9.17. The molecule has 0 aliphatic carbocycles. The van der Waals surface area contributed by atoms with Gasteiger partial charge in [-0.3, -0.25) is 0 Å². The van der Waals surface area contributed by atoms with Crippen molar-refractivity contribution in [1.29, 1.82) is 0 Å². The van der Waals surface area contributed by atoms with Crippen LogP contribution >= 0.6 is 22.9 Å². The molecule has 2 aliphatic heterocycles. The quantitative estimate of drug-likeness (QED) is 0.559. The van der Waals surface area contributed by atoms with Crippen LogP contribution in [0.5, 0.6) is 0 Å². The number of aryl methyl sites for hydroxylation is 1. The molecule has 2 N–H and O–H groups in total. The smallest absolute Gasteiger partial charge is 0.239 e. The van der Waals surface area contributed by atoms with Gasteiger partial charge in [-0.1, -0.05) is 16.8 Å². The van der Waals surface area contributed by atoms with Gasteiger partial charge in [0.1, 0.15) is 17.1 Å². The molecule has 0 spiro atoms. The van der Waals surface area contributed by atoms with Crippen molar-refractivity contribution in [2.75, 3.05) is 48.8 Å². The lowest BCUT2D eigenvalue weighted by Crippen LogP contribution is -2.50. The molecule has 0 radical (unpaired) electrons. The van der Waals surface area contributed by atoms with Crippen LogP contribution in [0.3, 0.4) is 0 Å². The Morgan fingerprint density at radius 1 is 1.18 bits per heavy atom. The van der Waals surface area contributed by atoms with Gasteiger partial charge in [0.2, 0.25) is 16.0 Å². The fourth-order valence-corrected chi connectivity index (χ4v) is 7.62. The van der Waals surface area contributed by atoms with Crippen molar-refractivity contribution < 1.29 is 13.0 Å². The van der Waals surface area contributed by atoms with Crippen molar-refractivity contribution in [3.63, 3.8) is 0 Å². The summed E-state index contributed by atoms with van der Waals surface area (Å²) in [5.41, 5.74) is 5.62. The summed E-state index contributed by atoms with van der Waals surface area (Å²) < 4.78 is 32.1. The van der Waals surface area contributed by atoms with E-state index in [9.17, 15) is 8.42 Å². The molecule has 0 saturated carbocycles. The molecule has 0 amide bonds. The number of anilines is 2. The molecule has 3 aromatic rings. The molecular weight excluding hydrogens is 488 g/mol. The molecule has 2 aliphatic rings. The summed E-state index contributed by atoms with van der Waals surface area (Å²) >= 11 is 8.21. The van der Waals surface area contributed by atoms with E-state index in [1.165, 1.54) is 18.4 Å². The third-order valence-corrected chi connectivity index (χ3v) is 9.99. The number of rotatable bonds is 3. The number of nitrogens with two attached hydrogens (primary N) is 1. The zero-order valence-electron chi connectivity index (χ0n) is 18.3. The Morgan fingerprint density at radius 3 is 2.45 bits per heavy atom. The zero-order chi connectivity index (χ0) is 23.5. The second-order valence-electron chi connectivity index (χ2n) is 8.37. The number of hydrogen-bond acceptors (Lipinski definition) is 11. The fraction of sp³-hybridized carbons (Fsp3) is 0.474. The monoisotopic (exact) mass is 510 g/mol. The number of pyridine rings is 1. The Morgan fingerprint density at radius 2 is 1.85 bits per heavy atom. The number of guanidine groups is 1. The molecule has 176 valence electrons. The van der Waals surface area contributed by atoms with Gasteiger partial charge in [-0.15, -0.1) is 11.3 Å². The first kappa shape index (κ1) is 22.2. The summed E-state index contributed by atoms with van der Waals surface area (Å²) in [5.74, 6) is 1.31. The van der Waals surface area contributed by atoms with Gasteiger partial charge in [0.25, 0.3) is 0 Å². The first-order valence-electron chi connectivity index (χ1n) is 10.3. The van der Waals surface area contributed by atoms with E-state index in [-0.39, 0.29) is 11.7 Å². The highest BCUT2D eigenvalue weighted by molar-refractivity contribution is 7.89. The Balaban J connectivity index is 1.50. The molecule has 14 heteroatoms. The molecular formula is C19H23ClN8O3S2. The van der Waals surface area contributed by atoms with Gasteiger partial charge in [0, 0.05) is 44.8 Å². The van der Waals surface area contributed by atoms with Gasteiger partial charge < -0.3 is 15.5 Å². The van der Waals surface area contributed by atoms with Crippen molar-refractivity contribution >= 4 is 60.6 Å². The van der Waals surface area contributed by atoms with Crippen molar-refractivity contribution in [2.24, 2.45) is 10.7 Å². The highest BCUT2D eigenvalue weighted by Gasteiger charge is 2.43. The number of nitrogens with zero attached hydrogens (tertiary/aromatic N) is 7. The van der Waals surface area contributed by atoms with Crippen LogP contribution in [0.2, 0.25) is 5.02 Å². The van der Waals surface area contributed by atoms with Crippen LogP contribution in [0, 0.1) is 6.92 Å². The lowest BCUT2D eigenvalue weighted by atomic mass is 10.0. The van der Waals surface area contributed by atoms with Crippen molar-refractivity contribution in [3.8, 4) is 0 Å². The second kappa shape index (κ2) is 7.71. The van der Waals surface area contributed by atoms with Crippen molar-refractivity contribution in [1.82, 2.24) is 19.6 Å². The molecule has 5 heterocycles. The summed E-state index contributed by atoms with van der Waals surface area (Å²) in [6, 6.07) is 1.85. The minimum Gasteiger partial charge on any atom is -0.369 e. The Labute approximate surface area is 199 Å². The van der Waals surface area contributed by atoms with Crippen LogP contribution in [0.15, 0.2) is 21.9 Å². The van der Waals surface area contributed by atoms with Crippen molar-refractivity contribution in [2.45, 2.75) is 19.4 Å². The number of hydrogen-bond donors (Lipinski definition) is 1. The minimum atomic E-state index is -3.61. The average molecular weight is 511 g/mol. The zero-order valence-corrected chi connectivity index (χ0v) is 20.7. The van der Waals surface area contributed by atoms with E-state index in [1.807, 2.05) is 13.0 Å². The molecule has 1 fully saturated rings. The number of thiophene rings is 1. The van der Waals surface area contributed by atoms with Gasteiger partial charge in [0.15, 0.2) is 5.82 Å². The van der Waals surface area contributed by atoms with Gasteiger partial charge in [-0.2, -0.15) is 0 Å². The molecule has 0 aromatic carbocycles. The maximum Gasteiger partial charge on any atom is 0.239 e. The Bertz CT molecular complexity index is 1360. The molecule has 0 bridgehead atoms. The molecule has 1 saturated heterocycles. The van der Waals surface area contributed by atoms with E-state index in [4.69, 9.17) is 22.0 Å². The summed E-state index contributed by atoms with van der Waals surface area (Å²) in [4.78, 5) is 14.1. The first-order chi connectivity index (χ1) is 15.6. The van der Waals surface area contributed by atoms with Crippen LogP contribution in [-0.2, 0) is 15.6 Å². The highest BCUT2D eigenvalue weighted by atomic mass is 35.5. The summed E-state index contributed by atoms with van der Waals surface area (Å²) in [6.45, 7) is 6.55. The third-order valence-electron chi connectivity index (χ3n) is 6.09. The topological polar surface area (TPSA) is 134 Å². The summed E-state index contributed by atoms with van der Waals surface area (Å²) in [6.07, 6.45) is 1.73. The lowest BCUT2D eigenvalue weighted by molar-refractivity contribution is 0.304. The predicted octanol–water partition coefficient (Wildman–Crippen LogP) is 1.77. The maximum atomic E-state index is 12.7. The molecule has 5 rings (SSSR count). The number of sulfonamides is 1. The first-order valence-corrected chi connectivity index (χ1v) is 13.1. The fourth-order valence-electron chi connectivity index (χ4n) is 4.26. The number of aromatic nitrogens is 3. The Kier molecular flexibility index (Phi) is 5.18. The highest BCUT2D eigenvalue weighted by Crippen LogP contribution is 2.47. The number of fused-ring (bicyclic) bond motifs is 1. The van der Waals surface area contributed by atoms with Gasteiger partial charge in [0.05, 0.1) is 20.4 Å². The minimum absolute atomic E-state index is 0.0515. The van der Waals surface area contributed by atoms with Gasteiger partial charge >= 0.3 is 0 Å². The summed E-state index contributed by atoms with van der Waals surface area (Å²) in [7, 11) is -2.21. The molecule has 1 unspecified atom stereocenters. The van der Waals surface area contributed by atoms with Crippen LogP contribution < -0.4 is 15.5 Å². The van der Waals surface area contributed by atoms with Crippen LogP contribution in [-0.4, -0.2) is 73.0 Å². The van der Waals surface area contributed by atoms with Crippen LogP contribution in [0.1, 0.15) is 17.5 Å². The number of halogens is 1. The standard InChI is InChI=1S/C19H23ClN8O3S2/c1-11-16(25-31-24-11)27-6-8-28(9-7-27)17-14-12(4-5-22-17)13(20)15(32-14)19(2)10-33(29,30)26(3)18(21)23-19/h4-5H,6-10H2,1-3H3,(H2,21,23). The van der Waals surface area contributed by atoms with E-state index >= 15 is 0 Å². The predicted molar refractivity (Wildman–Crippen MR) is 129 cm³/mol. The van der Waals surface area contributed by atoms with E-state index in [2.05, 4.69) is 30.1 Å². The Hall–Kier alpha value is -2.64. The largest absolute Gasteiger partial charge is 0.369 e. The molecule has 3 aromatic heterocycles. The van der Waals surface area contributed by atoms with E-state index in [0.717, 1.165) is 57.9 Å². The maximum absolute atomic E-state index is 12.7. The number of aliphatic imine (C=N–C) groups is 1. The molecule has 33 heavy (non-hydrogen) atoms. The second-order valence-corrected chi connectivity index (χ2v) is 11.8. The number of piperazine rings is 1. The lowest BCUT2D eigenvalue weighted by Gasteiger charge is -2.35. The van der Waals surface area contributed by atoms with Gasteiger partial charge in [-0.05, 0) is 25.1 Å². The van der Waals surface area contributed by atoms with E-state index < -0.39 is 15.6 Å². The van der Waals surface area contributed by atoms with Crippen LogP contribution in [0.4, 0.5) is 11.6 Å². The normalized spacial score (nSPS) is 23.3. The third kappa shape index (κ3) is 3.58. The van der Waals surface area contributed by atoms with Crippen LogP contribution in [0.25, 0.3) is 10.1 Å². The van der Waals surface area contributed by atoms with E-state index in [1.54, 1.807) is 13.1 Å². The van der Waals surface area contributed by atoms with Gasteiger partial charge in [-0.25, -0.2) is 27.3 Å². The average Bonchev–Trinajstić information content (AvgIpc) is 3.35. The molecule has 11 nitrogen and oxygen atoms in total. The SMILES string of the molecule is Cc1nonc1N1CCN(c2nccc3c(Cl)c(C4(C)CS(=O)(=O)N(C)C(N)=N4)sc23)CC1. The van der Waals surface area contributed by atoms with E-state index in [0.29, 0.717) is 9.90 Å². The van der Waals surface area contributed by atoms with Crippen molar-refractivity contribution in [3.05, 3.63) is 27.9 Å². The molecule has 1 atom stereocenters.